The number of hydrogen-bond donors (Lipinski definition) is 0. The molecule has 0 heterocycles. The second kappa shape index (κ2) is 3.38. The van der Waals surface area contributed by atoms with Gasteiger partial charge in [-0.2, -0.15) is 0 Å². The van der Waals surface area contributed by atoms with E-state index in [4.69, 9.17) is 81.2 Å². The largest absolute Gasteiger partial charge is 0.189 e. The summed E-state index contributed by atoms with van der Waals surface area (Å²) in [4.78, 5) is -1.29. The van der Waals surface area contributed by atoms with Crippen LogP contribution >= 0.6 is 81.2 Å². The van der Waals surface area contributed by atoms with Crippen LogP contribution in [0.15, 0.2) is 10.1 Å². The molecule has 1 unspecified atom stereocenters. The van der Waals surface area contributed by atoms with Crippen molar-refractivity contribution in [3.63, 3.8) is 0 Å². The predicted octanol–water partition coefficient (Wildman–Crippen LogP) is 5.03. The maximum Gasteiger partial charge on any atom is 0.189 e. The van der Waals surface area contributed by atoms with Crippen LogP contribution in [-0.4, -0.2) is 13.5 Å². The van der Waals surface area contributed by atoms with Crippen molar-refractivity contribution < 1.29 is 0 Å². The lowest BCUT2D eigenvalue weighted by Gasteiger charge is -2.34. The van der Waals surface area contributed by atoms with E-state index >= 15 is 0 Å². The van der Waals surface area contributed by atoms with Gasteiger partial charge in [0.25, 0.3) is 0 Å². The molecule has 0 aliphatic heterocycles. The second-order valence-electron chi connectivity index (χ2n) is 2.78. The zero-order valence-corrected chi connectivity index (χ0v) is 11.4. The van der Waals surface area contributed by atoms with E-state index < -0.39 is 13.5 Å². The fraction of sp³-hybridized carbons (Fsp3) is 0.667. The minimum atomic E-state index is -1.69. The summed E-state index contributed by atoms with van der Waals surface area (Å²) in [6, 6.07) is 0. The van der Waals surface area contributed by atoms with Crippen molar-refractivity contribution in [2.45, 2.75) is 20.5 Å². The topological polar surface area (TPSA) is 0 Å². The van der Waals surface area contributed by atoms with Gasteiger partial charge in [0, 0.05) is 0 Å². The van der Waals surface area contributed by atoms with Gasteiger partial charge in [0.05, 0.1) is 10.1 Å². The van der Waals surface area contributed by atoms with Crippen LogP contribution in [0.5, 0.6) is 0 Å². The van der Waals surface area contributed by atoms with Crippen molar-refractivity contribution in [3.8, 4) is 0 Å². The zero-order valence-electron chi connectivity index (χ0n) is 6.15. The Morgan fingerprint density at radius 1 is 0.846 bits per heavy atom. The van der Waals surface area contributed by atoms with E-state index in [0.717, 1.165) is 0 Å². The quantitative estimate of drug-likeness (QED) is 0.548. The number of hydrogen-bond acceptors (Lipinski definition) is 0. The Morgan fingerprint density at radius 2 is 1.23 bits per heavy atom. The maximum atomic E-state index is 5.98. The molecule has 7 heteroatoms. The Kier molecular flexibility index (Phi) is 3.34. The first-order chi connectivity index (χ1) is 5.57. The molecule has 0 fully saturated rings. The van der Waals surface area contributed by atoms with Gasteiger partial charge < -0.3 is 0 Å². The third kappa shape index (κ3) is 1.49. The molecule has 0 aromatic heterocycles. The highest BCUT2D eigenvalue weighted by molar-refractivity contribution is 6.72. The van der Waals surface area contributed by atoms with E-state index in [1.54, 1.807) is 0 Å². The van der Waals surface area contributed by atoms with Crippen LogP contribution in [0, 0.1) is 0 Å². The molecule has 0 saturated heterocycles. The van der Waals surface area contributed by atoms with Crippen molar-refractivity contribution in [2.24, 2.45) is 0 Å². The molecule has 0 aromatic rings. The summed E-state index contributed by atoms with van der Waals surface area (Å²) in [6.45, 7) is 1.49. The Morgan fingerprint density at radius 3 is 1.31 bits per heavy atom. The van der Waals surface area contributed by atoms with Crippen LogP contribution < -0.4 is 0 Å². The molecule has 0 bridgehead atoms. The summed E-state index contributed by atoms with van der Waals surface area (Å²) in [5.74, 6) is 0. The molecule has 1 atom stereocenters. The minimum absolute atomic E-state index is 0.0417. The van der Waals surface area contributed by atoms with Crippen LogP contribution in [0.2, 0.25) is 0 Å². The summed E-state index contributed by atoms with van der Waals surface area (Å²) < 4.78 is -3.36. The lowest BCUT2D eigenvalue weighted by atomic mass is 10.1. The fourth-order valence-electron chi connectivity index (χ4n) is 0.914. The summed E-state index contributed by atoms with van der Waals surface area (Å²) >= 11 is 41.0. The van der Waals surface area contributed by atoms with E-state index in [1.807, 2.05) is 0 Å². The van der Waals surface area contributed by atoms with E-state index in [9.17, 15) is 0 Å². The van der Waals surface area contributed by atoms with Crippen LogP contribution in [0.3, 0.4) is 0 Å². The summed E-state index contributed by atoms with van der Waals surface area (Å²) in [5.41, 5.74) is 0. The van der Waals surface area contributed by atoms with E-state index in [0.29, 0.717) is 0 Å². The van der Waals surface area contributed by atoms with Crippen LogP contribution in [0.4, 0.5) is 0 Å². The first-order valence-corrected chi connectivity index (χ1v) is 5.72. The molecular formula is C6H3Cl7. The Balaban J connectivity index is 3.39. The maximum absolute atomic E-state index is 5.98. The third-order valence-electron chi connectivity index (χ3n) is 1.86. The molecule has 0 saturated carbocycles. The lowest BCUT2D eigenvalue weighted by molar-refractivity contribution is 0.660. The molecule has 0 nitrogen and oxygen atoms in total. The molecule has 1 aliphatic rings. The third-order valence-corrected chi connectivity index (χ3v) is 6.61. The van der Waals surface area contributed by atoms with E-state index in [1.165, 1.54) is 6.92 Å². The molecule has 1 rings (SSSR count). The number of halogens is 7. The Labute approximate surface area is 111 Å². The molecule has 76 valence electrons. The molecule has 0 aromatic carbocycles. The highest BCUT2D eigenvalue weighted by Crippen LogP contribution is 2.65. The van der Waals surface area contributed by atoms with Gasteiger partial charge in [-0.15, -0.1) is 11.6 Å². The molecular weight excluding hydrogens is 320 g/mol. The summed E-state index contributed by atoms with van der Waals surface area (Å²) in [6.07, 6.45) is 0. The predicted molar refractivity (Wildman–Crippen MR) is 61.9 cm³/mol. The van der Waals surface area contributed by atoms with E-state index in [-0.39, 0.29) is 10.1 Å². The summed E-state index contributed by atoms with van der Waals surface area (Å²) in [7, 11) is 0. The normalized spacial score (nSPS) is 36.9. The van der Waals surface area contributed by atoms with Crippen molar-refractivity contribution in [2.75, 3.05) is 0 Å². The van der Waals surface area contributed by atoms with Crippen LogP contribution in [0.25, 0.3) is 0 Å². The monoisotopic (exact) mass is 320 g/mol. The molecule has 13 heavy (non-hydrogen) atoms. The first kappa shape index (κ1) is 12.8. The minimum Gasteiger partial charge on any atom is -0.110 e. The molecule has 0 amide bonds. The standard InChI is InChI=1S/C6H3Cl7/c1-4(9)2(7)3(8)5(10,11)6(4,12)13/h1H3. The highest BCUT2D eigenvalue weighted by Gasteiger charge is 2.67. The van der Waals surface area contributed by atoms with Crippen LogP contribution in [0.1, 0.15) is 6.92 Å². The zero-order chi connectivity index (χ0) is 10.7. The van der Waals surface area contributed by atoms with Gasteiger partial charge in [0.2, 0.25) is 0 Å². The second-order valence-corrected chi connectivity index (χ2v) is 6.95. The summed E-state index contributed by atoms with van der Waals surface area (Å²) in [5, 5.41) is 0.0193. The van der Waals surface area contributed by atoms with Crippen molar-refractivity contribution in [3.05, 3.63) is 10.1 Å². The molecule has 1 aliphatic carbocycles. The molecule has 0 radical (unpaired) electrons. The number of allylic oxidation sites excluding steroid dienone is 2. The average molecular weight is 323 g/mol. The Bertz CT molecular complexity index is 249. The van der Waals surface area contributed by atoms with Gasteiger partial charge in [-0.25, -0.2) is 0 Å². The van der Waals surface area contributed by atoms with Crippen molar-refractivity contribution in [1.82, 2.24) is 0 Å². The van der Waals surface area contributed by atoms with Gasteiger partial charge in [0.15, 0.2) is 8.67 Å². The number of alkyl halides is 5. The first-order valence-electron chi connectivity index (χ1n) is 3.07. The van der Waals surface area contributed by atoms with Gasteiger partial charge in [-0.05, 0) is 6.92 Å². The van der Waals surface area contributed by atoms with Crippen molar-refractivity contribution in [1.29, 1.82) is 0 Å². The lowest BCUT2D eigenvalue weighted by Crippen LogP contribution is -2.45. The van der Waals surface area contributed by atoms with Gasteiger partial charge in [0.1, 0.15) is 4.87 Å². The van der Waals surface area contributed by atoms with E-state index in [2.05, 4.69) is 0 Å². The average Bonchev–Trinajstić information content (AvgIpc) is 2.05. The molecule has 0 N–H and O–H groups in total. The SMILES string of the molecule is CC1(Cl)C(Cl)=C(Cl)C(Cl)(Cl)C1(Cl)Cl. The Hall–Kier alpha value is 1.77. The smallest absolute Gasteiger partial charge is 0.110 e. The molecule has 0 spiro atoms. The van der Waals surface area contributed by atoms with Crippen LogP contribution in [-0.2, 0) is 0 Å². The van der Waals surface area contributed by atoms with Crippen molar-refractivity contribution >= 4 is 81.2 Å². The highest BCUT2D eigenvalue weighted by atomic mass is 35.5. The fourth-order valence-corrected chi connectivity index (χ4v) is 3.15. The van der Waals surface area contributed by atoms with Gasteiger partial charge >= 0.3 is 0 Å². The van der Waals surface area contributed by atoms with Gasteiger partial charge in [-0.3, -0.25) is 0 Å². The number of rotatable bonds is 0. The van der Waals surface area contributed by atoms with Gasteiger partial charge in [-0.1, -0.05) is 69.6 Å².